The van der Waals surface area contributed by atoms with E-state index >= 15 is 0 Å². The number of nitrogens with zero attached hydrogens (tertiary/aromatic N) is 1. The van der Waals surface area contributed by atoms with E-state index in [0.717, 1.165) is 44.9 Å². The van der Waals surface area contributed by atoms with Gasteiger partial charge in [0.25, 0.3) is 5.91 Å². The van der Waals surface area contributed by atoms with Crippen LogP contribution in [0.3, 0.4) is 0 Å². The molecular weight excluding hydrogens is 476 g/mol. The van der Waals surface area contributed by atoms with E-state index in [1.807, 2.05) is 13.0 Å². The van der Waals surface area contributed by atoms with Crippen molar-refractivity contribution in [1.82, 2.24) is 5.06 Å². The first-order chi connectivity index (χ1) is 17.5. The molecule has 38 heavy (non-hydrogen) atoms. The molecule has 0 aromatic carbocycles. The van der Waals surface area contributed by atoms with E-state index in [0.29, 0.717) is 29.6 Å². The number of nitrogens with two attached hydrogens (primary N) is 1. The lowest BCUT2D eigenvalue weighted by molar-refractivity contribution is -0.192. The molecule has 5 aliphatic rings. The molecule has 0 aromatic heterocycles. The SMILES string of the molecule is CC1(C)C2CC[C@]3(C)[C@H](C(=O)C=C4[C@@H]5C[C@@](C)(C(=O)N(O)CCO)CC[C@]5(C)CC[C@]43C)[C@@]2(C)CC[C@@H]1N. The van der Waals surface area contributed by atoms with Gasteiger partial charge in [0.15, 0.2) is 5.78 Å². The van der Waals surface area contributed by atoms with E-state index < -0.39 is 5.41 Å². The number of allylic oxidation sites excluding steroid dienone is 2. The normalized spacial score (nSPS) is 49.6. The van der Waals surface area contributed by atoms with Crippen molar-refractivity contribution < 1.29 is 19.9 Å². The van der Waals surface area contributed by atoms with Gasteiger partial charge in [-0.2, -0.15) is 0 Å². The summed E-state index contributed by atoms with van der Waals surface area (Å²) in [4.78, 5) is 27.7. The third-order valence-electron chi connectivity index (χ3n) is 13.8. The highest BCUT2D eigenvalue weighted by Gasteiger charge is 2.70. The van der Waals surface area contributed by atoms with Crippen LogP contribution in [0.5, 0.6) is 0 Å². The zero-order valence-electron chi connectivity index (χ0n) is 24.9. The number of aliphatic hydroxyl groups excluding tert-OH is 1. The number of hydrogen-bond donors (Lipinski definition) is 3. The second-order valence-electron chi connectivity index (χ2n) is 15.9. The van der Waals surface area contributed by atoms with Gasteiger partial charge in [-0.25, -0.2) is 5.06 Å². The Hall–Kier alpha value is -1.24. The zero-order chi connectivity index (χ0) is 28.1. The molecule has 0 aromatic rings. The standard InChI is InChI=1S/C32H52N2O4/c1-27(2)23-8-11-32(7)25(30(23,5)10-9-24(27)33)22(36)18-20-21-19-29(4,26(37)34(38)16-17-35)13-12-28(21,3)14-15-31(20,32)6/h18,21,23-25,35,38H,8-17,19,33H2,1-7H3/t21-,23?,24-,25+,28+,29-,30-,31+,32+/m0/s1. The van der Waals surface area contributed by atoms with Gasteiger partial charge in [-0.1, -0.05) is 54.0 Å². The van der Waals surface area contributed by atoms with Crippen LogP contribution in [0.4, 0.5) is 0 Å². The number of fused-ring (bicyclic) bond motifs is 7. The Morgan fingerprint density at radius 3 is 2.32 bits per heavy atom. The first-order valence-corrected chi connectivity index (χ1v) is 15.1. The molecule has 0 heterocycles. The second kappa shape index (κ2) is 8.63. The lowest BCUT2D eigenvalue weighted by Crippen LogP contribution is -2.67. The van der Waals surface area contributed by atoms with Crippen molar-refractivity contribution in [3.8, 4) is 0 Å². The predicted molar refractivity (Wildman–Crippen MR) is 148 cm³/mol. The first kappa shape index (κ1) is 28.3. The molecule has 4 N–H and O–H groups in total. The third-order valence-corrected chi connectivity index (χ3v) is 13.8. The van der Waals surface area contributed by atoms with Crippen LogP contribution in [-0.2, 0) is 9.59 Å². The average molecular weight is 529 g/mol. The van der Waals surface area contributed by atoms with Gasteiger partial charge in [0, 0.05) is 17.4 Å². The van der Waals surface area contributed by atoms with Gasteiger partial charge >= 0.3 is 0 Å². The highest BCUT2D eigenvalue weighted by Crippen LogP contribution is 2.75. The number of carbonyl (C=O) groups excluding carboxylic acids is 2. The maximum Gasteiger partial charge on any atom is 0.251 e. The molecular formula is C32H52N2O4. The monoisotopic (exact) mass is 528 g/mol. The molecule has 0 spiro atoms. The molecule has 9 atom stereocenters. The minimum absolute atomic E-state index is 0.00674. The van der Waals surface area contributed by atoms with Crippen LogP contribution >= 0.6 is 0 Å². The van der Waals surface area contributed by atoms with Gasteiger partial charge in [-0.15, -0.1) is 0 Å². The minimum atomic E-state index is -0.707. The summed E-state index contributed by atoms with van der Waals surface area (Å²) in [5.74, 6) is 0.556. The fourth-order valence-corrected chi connectivity index (χ4v) is 10.9. The number of rotatable bonds is 3. The largest absolute Gasteiger partial charge is 0.394 e. The summed E-state index contributed by atoms with van der Waals surface area (Å²) in [6.45, 7) is 15.9. The van der Waals surface area contributed by atoms with Crippen LogP contribution in [0.1, 0.15) is 106 Å². The molecule has 0 saturated heterocycles. The number of aliphatic hydroxyl groups is 1. The summed E-state index contributed by atoms with van der Waals surface area (Å²) in [7, 11) is 0. The van der Waals surface area contributed by atoms with Gasteiger partial charge in [-0.3, -0.25) is 14.8 Å². The van der Waals surface area contributed by atoms with Gasteiger partial charge in [-0.05, 0) is 103 Å². The van der Waals surface area contributed by atoms with E-state index in [2.05, 4.69) is 41.5 Å². The molecule has 5 aliphatic carbocycles. The van der Waals surface area contributed by atoms with Crippen LogP contribution in [0.25, 0.3) is 0 Å². The van der Waals surface area contributed by atoms with Crippen LogP contribution in [-0.4, -0.2) is 46.3 Å². The molecule has 1 amide bonds. The lowest BCUT2D eigenvalue weighted by atomic mass is 9.33. The van der Waals surface area contributed by atoms with Crippen molar-refractivity contribution >= 4 is 11.7 Å². The van der Waals surface area contributed by atoms with Crippen molar-refractivity contribution in [1.29, 1.82) is 0 Å². The summed E-state index contributed by atoms with van der Waals surface area (Å²) < 4.78 is 0. The van der Waals surface area contributed by atoms with Crippen LogP contribution in [0.2, 0.25) is 0 Å². The van der Waals surface area contributed by atoms with Gasteiger partial charge < -0.3 is 10.8 Å². The first-order valence-electron chi connectivity index (χ1n) is 15.1. The van der Waals surface area contributed by atoms with Crippen molar-refractivity contribution in [2.45, 2.75) is 112 Å². The Bertz CT molecular complexity index is 1050. The Kier molecular flexibility index (Phi) is 6.43. The van der Waals surface area contributed by atoms with E-state index in [9.17, 15) is 19.9 Å². The Labute approximate surface area is 229 Å². The molecule has 4 saturated carbocycles. The Morgan fingerprint density at radius 1 is 1.00 bits per heavy atom. The summed E-state index contributed by atoms with van der Waals surface area (Å²) >= 11 is 0. The molecule has 0 radical (unpaired) electrons. The highest BCUT2D eigenvalue weighted by molar-refractivity contribution is 5.95. The van der Waals surface area contributed by atoms with E-state index in [1.54, 1.807) is 0 Å². The Balaban J connectivity index is 1.56. The van der Waals surface area contributed by atoms with Crippen molar-refractivity contribution in [2.24, 2.45) is 56.0 Å². The molecule has 5 rings (SSSR count). The quantitative estimate of drug-likeness (QED) is 0.331. The third kappa shape index (κ3) is 3.54. The number of carbonyl (C=O) groups is 2. The van der Waals surface area contributed by atoms with Crippen LogP contribution in [0, 0.1) is 50.2 Å². The van der Waals surface area contributed by atoms with Gasteiger partial charge in [0.1, 0.15) is 0 Å². The molecule has 0 aliphatic heterocycles. The highest BCUT2D eigenvalue weighted by atomic mass is 16.5. The summed E-state index contributed by atoms with van der Waals surface area (Å²) in [5.41, 5.74) is 7.00. The summed E-state index contributed by atoms with van der Waals surface area (Å²) in [5, 5.41) is 20.4. The number of hydroxylamine groups is 2. The fourth-order valence-electron chi connectivity index (χ4n) is 10.9. The van der Waals surface area contributed by atoms with E-state index in [-0.39, 0.29) is 64.0 Å². The summed E-state index contributed by atoms with van der Waals surface area (Å²) in [6.07, 6.45) is 10.6. The minimum Gasteiger partial charge on any atom is -0.394 e. The number of ketones is 1. The molecule has 214 valence electrons. The van der Waals surface area contributed by atoms with Crippen molar-refractivity contribution in [3.05, 3.63) is 11.6 Å². The Morgan fingerprint density at radius 2 is 1.66 bits per heavy atom. The van der Waals surface area contributed by atoms with Crippen LogP contribution < -0.4 is 5.73 Å². The number of amides is 1. The maximum atomic E-state index is 14.4. The number of hydrogen-bond acceptors (Lipinski definition) is 5. The molecule has 4 fully saturated rings. The van der Waals surface area contributed by atoms with Gasteiger partial charge in [0.2, 0.25) is 0 Å². The predicted octanol–water partition coefficient (Wildman–Crippen LogP) is 5.50. The zero-order valence-corrected chi connectivity index (χ0v) is 24.9. The molecule has 1 unspecified atom stereocenters. The lowest BCUT2D eigenvalue weighted by Gasteiger charge is -2.70. The molecule has 0 bridgehead atoms. The van der Waals surface area contributed by atoms with Crippen LogP contribution in [0.15, 0.2) is 11.6 Å². The van der Waals surface area contributed by atoms with Crippen molar-refractivity contribution in [2.75, 3.05) is 13.2 Å². The average Bonchev–Trinajstić information content (AvgIpc) is 2.84. The summed E-state index contributed by atoms with van der Waals surface area (Å²) in [6, 6.07) is 0.176. The molecule has 6 nitrogen and oxygen atoms in total. The van der Waals surface area contributed by atoms with Crippen molar-refractivity contribution in [3.63, 3.8) is 0 Å². The topological polar surface area (TPSA) is 104 Å². The molecule has 6 heteroatoms. The smallest absolute Gasteiger partial charge is 0.251 e. The van der Waals surface area contributed by atoms with Gasteiger partial charge in [0.05, 0.1) is 13.2 Å². The fraction of sp³-hybridized carbons (Fsp3) is 0.875. The maximum absolute atomic E-state index is 14.4. The van der Waals surface area contributed by atoms with E-state index in [4.69, 9.17) is 5.73 Å². The second-order valence-corrected chi connectivity index (χ2v) is 15.9. The van der Waals surface area contributed by atoms with E-state index in [1.165, 1.54) is 5.57 Å².